The molecule has 1 atom stereocenters. The summed E-state index contributed by atoms with van der Waals surface area (Å²) >= 11 is 0. The second kappa shape index (κ2) is 10.3. The molecule has 1 aromatic rings. The van der Waals surface area contributed by atoms with E-state index < -0.39 is 23.2 Å². The van der Waals surface area contributed by atoms with Gasteiger partial charge in [-0.15, -0.1) is 0 Å². The van der Waals surface area contributed by atoms with Crippen molar-refractivity contribution in [3.63, 3.8) is 0 Å². The Morgan fingerprint density at radius 3 is 2.30 bits per heavy atom. The zero-order chi connectivity index (χ0) is 22.3. The van der Waals surface area contributed by atoms with Gasteiger partial charge in [-0.3, -0.25) is 10.1 Å². The fourth-order valence-corrected chi connectivity index (χ4v) is 2.90. The molecule has 0 saturated carbocycles. The molecule has 1 heterocycles. The lowest BCUT2D eigenvalue weighted by atomic mass is 9.89. The summed E-state index contributed by atoms with van der Waals surface area (Å²) in [5, 5.41) is 14.5. The second-order valence-electron chi connectivity index (χ2n) is 6.25. The van der Waals surface area contributed by atoms with Crippen molar-refractivity contribution in [1.29, 1.82) is 0 Å². The number of carbonyl (C=O) groups excluding carboxylic acids is 2. The van der Waals surface area contributed by atoms with E-state index in [0.29, 0.717) is 24.4 Å². The number of nitrogens with one attached hydrogen (secondary N) is 1. The SMILES string of the molecule is COC(=O)OC1=C(C)NC(C)=C(OC(=O)OCCCN)C1c1ccccc1[N+](=O)[O-]. The number of benzene rings is 1. The first-order valence-electron chi connectivity index (χ1n) is 9.02. The van der Waals surface area contributed by atoms with Crippen molar-refractivity contribution >= 4 is 18.0 Å². The number of dihydropyridines is 1. The molecule has 0 aliphatic carbocycles. The molecule has 3 N–H and O–H groups in total. The maximum absolute atomic E-state index is 12.2. The third-order valence-corrected chi connectivity index (χ3v) is 4.20. The number of para-hydroxylation sites is 1. The maximum Gasteiger partial charge on any atom is 0.513 e. The minimum Gasteiger partial charge on any atom is -0.437 e. The second-order valence-corrected chi connectivity index (χ2v) is 6.25. The number of hydrogen-bond acceptors (Lipinski definition) is 10. The van der Waals surface area contributed by atoms with Crippen molar-refractivity contribution in [2.45, 2.75) is 26.2 Å². The summed E-state index contributed by atoms with van der Waals surface area (Å²) in [6, 6.07) is 5.87. The first kappa shape index (κ1) is 22.7. The van der Waals surface area contributed by atoms with Crippen LogP contribution in [-0.4, -0.2) is 37.5 Å². The van der Waals surface area contributed by atoms with Crippen LogP contribution in [0.1, 0.15) is 31.7 Å². The highest BCUT2D eigenvalue weighted by Gasteiger charge is 2.38. The Morgan fingerprint density at radius 1 is 1.13 bits per heavy atom. The van der Waals surface area contributed by atoms with Crippen molar-refractivity contribution in [1.82, 2.24) is 5.32 Å². The average molecular weight is 421 g/mol. The van der Waals surface area contributed by atoms with Crippen LogP contribution in [0.15, 0.2) is 47.2 Å². The summed E-state index contributed by atoms with van der Waals surface area (Å²) in [5.41, 5.74) is 6.08. The number of methoxy groups -OCH3 is 1. The molecule has 0 fully saturated rings. The molecule has 0 spiro atoms. The molecular weight excluding hydrogens is 398 g/mol. The standard InChI is InChI=1S/C19H23N3O8/c1-11-16(29-18(23)27-3)15(13-7-4-5-8-14(13)22(25)26)17(12(2)21-11)30-19(24)28-10-6-9-20/h4-5,7-8,15,21H,6,9-10,20H2,1-3H3. The van der Waals surface area contributed by atoms with Gasteiger partial charge in [-0.05, 0) is 26.8 Å². The van der Waals surface area contributed by atoms with Crippen molar-refractivity contribution in [3.8, 4) is 0 Å². The monoisotopic (exact) mass is 421 g/mol. The molecule has 30 heavy (non-hydrogen) atoms. The van der Waals surface area contributed by atoms with Gasteiger partial charge in [-0.1, -0.05) is 18.2 Å². The van der Waals surface area contributed by atoms with Crippen LogP contribution in [0.5, 0.6) is 0 Å². The number of nitrogens with two attached hydrogens (primary N) is 1. The number of allylic oxidation sites excluding steroid dienone is 2. The van der Waals surface area contributed by atoms with E-state index in [4.69, 9.17) is 19.9 Å². The summed E-state index contributed by atoms with van der Waals surface area (Å²) in [4.78, 5) is 35.0. The van der Waals surface area contributed by atoms with Gasteiger partial charge in [0.05, 0.1) is 30.0 Å². The molecule has 0 radical (unpaired) electrons. The van der Waals surface area contributed by atoms with Gasteiger partial charge in [-0.2, -0.15) is 0 Å². The molecule has 11 heteroatoms. The average Bonchev–Trinajstić information content (AvgIpc) is 2.71. The van der Waals surface area contributed by atoms with Gasteiger partial charge in [0.15, 0.2) is 0 Å². The van der Waals surface area contributed by atoms with Crippen LogP contribution < -0.4 is 11.1 Å². The Bertz CT molecular complexity index is 894. The number of nitrogens with zero attached hydrogens (tertiary/aromatic N) is 1. The van der Waals surface area contributed by atoms with Crippen LogP contribution in [0, 0.1) is 10.1 Å². The molecular formula is C19H23N3O8. The summed E-state index contributed by atoms with van der Waals surface area (Å²) in [6.45, 7) is 3.60. The summed E-state index contributed by atoms with van der Waals surface area (Å²) < 4.78 is 20.2. The molecule has 11 nitrogen and oxygen atoms in total. The highest BCUT2D eigenvalue weighted by atomic mass is 16.7. The van der Waals surface area contributed by atoms with E-state index in [9.17, 15) is 19.7 Å². The molecule has 0 aromatic heterocycles. The Morgan fingerprint density at radius 2 is 1.73 bits per heavy atom. The molecule has 162 valence electrons. The largest absolute Gasteiger partial charge is 0.513 e. The summed E-state index contributed by atoms with van der Waals surface area (Å²) in [6.07, 6.45) is -1.60. The number of carbonyl (C=O) groups is 2. The zero-order valence-corrected chi connectivity index (χ0v) is 16.8. The Balaban J connectivity index is 2.53. The Kier molecular flexibility index (Phi) is 7.76. The van der Waals surface area contributed by atoms with Crippen LogP contribution >= 0.6 is 0 Å². The quantitative estimate of drug-likeness (QED) is 0.291. The first-order valence-corrected chi connectivity index (χ1v) is 9.02. The van der Waals surface area contributed by atoms with Crippen molar-refractivity contribution in [3.05, 3.63) is 62.9 Å². The lowest BCUT2D eigenvalue weighted by molar-refractivity contribution is -0.385. The molecule has 2 rings (SSSR count). The Labute approximate surface area is 172 Å². The molecule has 1 aromatic carbocycles. The Hall–Kier alpha value is -3.60. The van der Waals surface area contributed by atoms with Gasteiger partial charge in [0, 0.05) is 11.6 Å². The van der Waals surface area contributed by atoms with E-state index >= 15 is 0 Å². The van der Waals surface area contributed by atoms with Gasteiger partial charge in [0.25, 0.3) is 5.69 Å². The highest BCUT2D eigenvalue weighted by Crippen LogP contribution is 2.42. The van der Waals surface area contributed by atoms with Crippen LogP contribution in [0.25, 0.3) is 0 Å². The number of rotatable bonds is 7. The minimum atomic E-state index is -1.07. The normalized spacial score (nSPS) is 15.9. The summed E-state index contributed by atoms with van der Waals surface area (Å²) in [5.74, 6) is -1.09. The molecule has 1 aliphatic heterocycles. The van der Waals surface area contributed by atoms with Crippen molar-refractivity contribution in [2.24, 2.45) is 5.73 Å². The van der Waals surface area contributed by atoms with Crippen LogP contribution in [-0.2, 0) is 18.9 Å². The predicted molar refractivity (Wildman–Crippen MR) is 104 cm³/mol. The number of nitro groups is 1. The van der Waals surface area contributed by atoms with E-state index in [0.717, 1.165) is 7.11 Å². The van der Waals surface area contributed by atoms with Crippen molar-refractivity contribution < 1.29 is 33.5 Å². The topological polar surface area (TPSA) is 152 Å². The number of ether oxygens (including phenoxy) is 4. The fourth-order valence-electron chi connectivity index (χ4n) is 2.90. The third kappa shape index (κ3) is 5.26. The van der Waals surface area contributed by atoms with Gasteiger partial charge < -0.3 is 30.0 Å². The van der Waals surface area contributed by atoms with Gasteiger partial charge >= 0.3 is 12.3 Å². The number of hydrogen-bond donors (Lipinski definition) is 2. The maximum atomic E-state index is 12.2. The number of nitro benzene ring substituents is 1. The molecule has 0 amide bonds. The highest BCUT2D eigenvalue weighted by molar-refractivity contribution is 5.65. The zero-order valence-electron chi connectivity index (χ0n) is 16.8. The fraction of sp³-hybridized carbons (Fsp3) is 0.368. The van der Waals surface area contributed by atoms with E-state index in [-0.39, 0.29) is 29.4 Å². The van der Waals surface area contributed by atoms with Gasteiger partial charge in [0.1, 0.15) is 17.4 Å². The predicted octanol–water partition coefficient (Wildman–Crippen LogP) is 3.03. The third-order valence-electron chi connectivity index (χ3n) is 4.20. The van der Waals surface area contributed by atoms with E-state index in [1.165, 1.54) is 18.2 Å². The first-order chi connectivity index (χ1) is 14.3. The van der Waals surface area contributed by atoms with E-state index in [1.54, 1.807) is 19.9 Å². The summed E-state index contributed by atoms with van der Waals surface area (Å²) in [7, 11) is 1.13. The lowest BCUT2D eigenvalue weighted by Gasteiger charge is -2.29. The van der Waals surface area contributed by atoms with Crippen LogP contribution in [0.2, 0.25) is 0 Å². The smallest absolute Gasteiger partial charge is 0.437 e. The van der Waals surface area contributed by atoms with Crippen molar-refractivity contribution in [2.75, 3.05) is 20.3 Å². The van der Waals surface area contributed by atoms with E-state index in [1.807, 2.05) is 0 Å². The van der Waals surface area contributed by atoms with E-state index in [2.05, 4.69) is 10.1 Å². The molecule has 0 bridgehead atoms. The van der Waals surface area contributed by atoms with Crippen LogP contribution in [0.3, 0.4) is 0 Å². The minimum absolute atomic E-state index is 0.00782. The van der Waals surface area contributed by atoms with Gasteiger partial charge in [0.2, 0.25) is 0 Å². The van der Waals surface area contributed by atoms with Crippen LogP contribution in [0.4, 0.5) is 15.3 Å². The molecule has 1 unspecified atom stereocenters. The van der Waals surface area contributed by atoms with Gasteiger partial charge in [-0.25, -0.2) is 9.59 Å². The molecule has 1 aliphatic rings. The lowest BCUT2D eigenvalue weighted by Crippen LogP contribution is -2.29. The molecule has 0 saturated heterocycles.